The number of nitrogens with zero attached hydrogens (tertiary/aromatic N) is 1. The third-order valence-corrected chi connectivity index (χ3v) is 3.96. The molecular weight excluding hydrogens is 232 g/mol. The second kappa shape index (κ2) is 5.96. The molecule has 1 aliphatic rings. The molecule has 0 saturated carbocycles. The normalized spacial score (nSPS) is 17.8. The van der Waals surface area contributed by atoms with Crippen LogP contribution < -0.4 is 10.6 Å². The van der Waals surface area contributed by atoms with Crippen LogP contribution in [0.3, 0.4) is 0 Å². The summed E-state index contributed by atoms with van der Waals surface area (Å²) >= 11 is 0. The van der Waals surface area contributed by atoms with E-state index < -0.39 is 0 Å². The summed E-state index contributed by atoms with van der Waals surface area (Å²) in [6.07, 6.45) is 4.92. The largest absolute Gasteiger partial charge is 0.367 e. The lowest BCUT2D eigenvalue weighted by atomic mass is 9.87. The molecule has 0 aliphatic carbocycles. The number of aryl methyl sites for hydroxylation is 1. The summed E-state index contributed by atoms with van der Waals surface area (Å²) in [6.45, 7) is 8.80. The third-order valence-electron chi connectivity index (χ3n) is 3.96. The van der Waals surface area contributed by atoms with Crippen LogP contribution >= 0.6 is 0 Å². The molecule has 0 amide bonds. The van der Waals surface area contributed by atoms with E-state index in [9.17, 15) is 0 Å². The minimum atomic E-state index is 0.325. The first-order valence-corrected chi connectivity index (χ1v) is 7.56. The molecule has 0 bridgehead atoms. The zero-order chi connectivity index (χ0) is 13.9. The molecule has 0 aromatic heterocycles. The second-order valence-electron chi connectivity index (χ2n) is 6.93. The number of para-hydroxylation sites is 1. The van der Waals surface area contributed by atoms with Crippen molar-refractivity contribution in [3.63, 3.8) is 0 Å². The zero-order valence-electron chi connectivity index (χ0n) is 12.7. The smallest absolute Gasteiger partial charge is 0.0417 e. The van der Waals surface area contributed by atoms with Crippen molar-refractivity contribution in [1.29, 1.82) is 0 Å². The Hall–Kier alpha value is -1.02. The van der Waals surface area contributed by atoms with E-state index in [1.54, 1.807) is 0 Å². The van der Waals surface area contributed by atoms with Gasteiger partial charge in [-0.15, -0.1) is 0 Å². The standard InChI is InChI=1S/C17H28N2/c1-17(2,3)12-15(13-18)19-11-7-6-9-14-8-4-5-10-16(14)19/h4-5,8,10,15H,6-7,9,11-13,18H2,1-3H3. The van der Waals surface area contributed by atoms with Gasteiger partial charge in [0, 0.05) is 24.8 Å². The van der Waals surface area contributed by atoms with Crippen molar-refractivity contribution < 1.29 is 0 Å². The van der Waals surface area contributed by atoms with Crippen LogP contribution in [0.5, 0.6) is 0 Å². The first-order valence-electron chi connectivity index (χ1n) is 7.56. The van der Waals surface area contributed by atoms with Gasteiger partial charge in [0.2, 0.25) is 0 Å². The molecule has 1 atom stereocenters. The van der Waals surface area contributed by atoms with Gasteiger partial charge in [-0.1, -0.05) is 39.0 Å². The Morgan fingerprint density at radius 3 is 2.63 bits per heavy atom. The first kappa shape index (κ1) is 14.4. The van der Waals surface area contributed by atoms with E-state index in [0.717, 1.165) is 19.5 Å². The molecule has 0 saturated heterocycles. The minimum Gasteiger partial charge on any atom is -0.367 e. The molecule has 2 rings (SSSR count). The fraction of sp³-hybridized carbons (Fsp3) is 0.647. The van der Waals surface area contributed by atoms with E-state index in [4.69, 9.17) is 5.73 Å². The summed E-state index contributed by atoms with van der Waals surface area (Å²) < 4.78 is 0. The molecule has 1 unspecified atom stereocenters. The highest BCUT2D eigenvalue weighted by molar-refractivity contribution is 5.55. The topological polar surface area (TPSA) is 29.3 Å². The molecule has 0 fully saturated rings. The lowest BCUT2D eigenvalue weighted by Gasteiger charge is -2.37. The highest BCUT2D eigenvalue weighted by atomic mass is 15.2. The van der Waals surface area contributed by atoms with Crippen LogP contribution in [0.4, 0.5) is 5.69 Å². The van der Waals surface area contributed by atoms with Crippen LogP contribution in [0.15, 0.2) is 24.3 Å². The summed E-state index contributed by atoms with van der Waals surface area (Å²) in [5.41, 5.74) is 9.31. The Morgan fingerprint density at radius 2 is 1.95 bits per heavy atom. The SMILES string of the molecule is CC(C)(C)CC(CN)N1CCCCc2ccccc21. The van der Waals surface area contributed by atoms with E-state index in [-0.39, 0.29) is 0 Å². The molecule has 1 aromatic carbocycles. The van der Waals surface area contributed by atoms with Crippen LogP contribution in [0.1, 0.15) is 45.6 Å². The number of benzene rings is 1. The Bertz CT molecular complexity index is 406. The lowest BCUT2D eigenvalue weighted by Crippen LogP contribution is -2.43. The number of nitrogens with two attached hydrogens (primary N) is 1. The van der Waals surface area contributed by atoms with Crippen LogP contribution in [0.2, 0.25) is 0 Å². The van der Waals surface area contributed by atoms with Crippen LogP contribution in [-0.2, 0) is 6.42 Å². The van der Waals surface area contributed by atoms with Crippen molar-refractivity contribution in [1.82, 2.24) is 0 Å². The lowest BCUT2D eigenvalue weighted by molar-refractivity contribution is 0.331. The van der Waals surface area contributed by atoms with Gasteiger partial charge in [0.05, 0.1) is 0 Å². The average molecular weight is 260 g/mol. The van der Waals surface area contributed by atoms with Crippen molar-refractivity contribution >= 4 is 5.69 Å². The van der Waals surface area contributed by atoms with Crippen LogP contribution in [0.25, 0.3) is 0 Å². The highest BCUT2D eigenvalue weighted by Crippen LogP contribution is 2.31. The summed E-state index contributed by atoms with van der Waals surface area (Å²) in [6, 6.07) is 9.31. The maximum absolute atomic E-state index is 6.08. The molecule has 2 nitrogen and oxygen atoms in total. The summed E-state index contributed by atoms with van der Waals surface area (Å²) in [4.78, 5) is 2.56. The monoisotopic (exact) mass is 260 g/mol. The Labute approximate surface area is 118 Å². The number of rotatable bonds is 3. The molecule has 1 aliphatic heterocycles. The molecule has 19 heavy (non-hydrogen) atoms. The number of anilines is 1. The first-order chi connectivity index (χ1) is 9.01. The molecule has 0 radical (unpaired) electrons. The van der Waals surface area contributed by atoms with Crippen molar-refractivity contribution in [2.24, 2.45) is 11.1 Å². The van der Waals surface area contributed by atoms with Gasteiger partial charge in [-0.3, -0.25) is 0 Å². The van der Waals surface area contributed by atoms with E-state index in [0.29, 0.717) is 11.5 Å². The van der Waals surface area contributed by atoms with Gasteiger partial charge in [0.1, 0.15) is 0 Å². The van der Waals surface area contributed by atoms with Gasteiger partial charge < -0.3 is 10.6 Å². The number of fused-ring (bicyclic) bond motifs is 1. The quantitative estimate of drug-likeness (QED) is 0.900. The zero-order valence-corrected chi connectivity index (χ0v) is 12.7. The molecular formula is C17H28N2. The second-order valence-corrected chi connectivity index (χ2v) is 6.93. The summed E-state index contributed by atoms with van der Waals surface area (Å²) in [7, 11) is 0. The fourth-order valence-corrected chi connectivity index (χ4v) is 3.13. The molecule has 1 aromatic rings. The van der Waals surface area contributed by atoms with Crippen molar-refractivity contribution in [3.8, 4) is 0 Å². The van der Waals surface area contributed by atoms with Gasteiger partial charge >= 0.3 is 0 Å². The fourth-order valence-electron chi connectivity index (χ4n) is 3.13. The predicted octanol–water partition coefficient (Wildman–Crippen LogP) is 3.59. The van der Waals surface area contributed by atoms with Gasteiger partial charge in [0.25, 0.3) is 0 Å². The van der Waals surface area contributed by atoms with E-state index in [2.05, 4.69) is 49.9 Å². The van der Waals surface area contributed by atoms with E-state index in [1.165, 1.54) is 30.5 Å². The Morgan fingerprint density at radius 1 is 1.21 bits per heavy atom. The van der Waals surface area contributed by atoms with Crippen LogP contribution in [-0.4, -0.2) is 19.1 Å². The Kier molecular flexibility index (Phi) is 4.51. The van der Waals surface area contributed by atoms with Crippen LogP contribution in [0, 0.1) is 5.41 Å². The molecule has 1 heterocycles. The number of hydrogen-bond donors (Lipinski definition) is 1. The maximum atomic E-state index is 6.08. The van der Waals surface area contributed by atoms with Gasteiger partial charge in [-0.2, -0.15) is 0 Å². The molecule has 2 heteroatoms. The minimum absolute atomic E-state index is 0.325. The molecule has 2 N–H and O–H groups in total. The molecule has 106 valence electrons. The van der Waals surface area contributed by atoms with Crippen molar-refractivity contribution in [2.75, 3.05) is 18.0 Å². The summed E-state index contributed by atoms with van der Waals surface area (Å²) in [5.74, 6) is 0. The number of hydrogen-bond acceptors (Lipinski definition) is 2. The predicted molar refractivity (Wildman–Crippen MR) is 83.6 cm³/mol. The van der Waals surface area contributed by atoms with Gasteiger partial charge in [0.15, 0.2) is 0 Å². The van der Waals surface area contributed by atoms with Crippen molar-refractivity contribution in [2.45, 2.75) is 52.5 Å². The van der Waals surface area contributed by atoms with E-state index >= 15 is 0 Å². The maximum Gasteiger partial charge on any atom is 0.0417 e. The van der Waals surface area contributed by atoms with E-state index in [1.807, 2.05) is 0 Å². The highest BCUT2D eigenvalue weighted by Gasteiger charge is 2.25. The van der Waals surface area contributed by atoms with Gasteiger partial charge in [-0.05, 0) is 42.7 Å². The average Bonchev–Trinajstić information content (AvgIpc) is 2.57. The third kappa shape index (κ3) is 3.73. The van der Waals surface area contributed by atoms with Crippen molar-refractivity contribution in [3.05, 3.63) is 29.8 Å². The summed E-state index contributed by atoms with van der Waals surface area (Å²) in [5, 5.41) is 0. The van der Waals surface area contributed by atoms with Gasteiger partial charge in [-0.25, -0.2) is 0 Å². The Balaban J connectivity index is 2.27. The molecule has 0 spiro atoms.